The van der Waals surface area contributed by atoms with Gasteiger partial charge < -0.3 is 0 Å². The quantitative estimate of drug-likeness (QED) is 0.627. The normalized spacial score (nSPS) is 38.3. The van der Waals surface area contributed by atoms with Crippen LogP contribution in [0.15, 0.2) is 0 Å². The van der Waals surface area contributed by atoms with E-state index in [4.69, 9.17) is 0 Å². The van der Waals surface area contributed by atoms with Crippen LogP contribution in [-0.2, 0) is 0 Å². The van der Waals surface area contributed by atoms with E-state index in [1.807, 2.05) is 0 Å². The van der Waals surface area contributed by atoms with Gasteiger partial charge in [-0.15, -0.1) is 0 Å². The summed E-state index contributed by atoms with van der Waals surface area (Å²) in [5.74, 6) is 0. The first-order chi connectivity index (χ1) is 6.41. The Morgan fingerprint density at radius 1 is 0.923 bits per heavy atom. The molecule has 2 nitrogen and oxygen atoms in total. The minimum Gasteiger partial charge on any atom is -0.232 e. The number of hydrogen-bond acceptors (Lipinski definition) is 2. The second-order valence-electron chi connectivity index (χ2n) is 5.01. The molecule has 1 N–H and O–H groups in total. The van der Waals surface area contributed by atoms with Crippen LogP contribution in [0.3, 0.4) is 0 Å². The molecule has 1 heterocycles. The van der Waals surface area contributed by atoms with Crippen molar-refractivity contribution in [2.45, 2.75) is 69.5 Å². The Kier molecular flexibility index (Phi) is 1.88. The predicted molar refractivity (Wildman–Crippen MR) is 53.0 cm³/mol. The molecule has 0 amide bonds. The summed E-state index contributed by atoms with van der Waals surface area (Å²) in [6, 6.07) is 0.887. The van der Waals surface area contributed by atoms with Gasteiger partial charge >= 0.3 is 0 Å². The average Bonchev–Trinajstić information content (AvgIpc) is 2.68. The van der Waals surface area contributed by atoms with Gasteiger partial charge in [-0.05, 0) is 25.7 Å². The highest BCUT2D eigenvalue weighted by Gasteiger charge is 2.54. The van der Waals surface area contributed by atoms with Crippen molar-refractivity contribution in [3.05, 3.63) is 0 Å². The minimum absolute atomic E-state index is 0.493. The van der Waals surface area contributed by atoms with Gasteiger partial charge in [0.15, 0.2) is 0 Å². The Hall–Kier alpha value is -0.0800. The first kappa shape index (κ1) is 8.25. The third kappa shape index (κ3) is 1.31. The number of rotatable bonds is 1. The molecule has 0 radical (unpaired) electrons. The molecule has 1 unspecified atom stereocenters. The highest BCUT2D eigenvalue weighted by atomic mass is 15.8. The molecule has 13 heavy (non-hydrogen) atoms. The van der Waals surface area contributed by atoms with Crippen molar-refractivity contribution in [3.63, 3.8) is 0 Å². The van der Waals surface area contributed by atoms with Crippen molar-refractivity contribution in [3.8, 4) is 0 Å². The standard InChI is InChI=1S/C11H20N2/c1-4-8-11(9-5-1)12-13(11)10-6-2-3-7-10/h10,12H,1-9H2. The van der Waals surface area contributed by atoms with E-state index in [1.54, 1.807) is 0 Å². The predicted octanol–water partition coefficient (Wildman–Crippen LogP) is 2.41. The summed E-state index contributed by atoms with van der Waals surface area (Å²) in [6.45, 7) is 0. The van der Waals surface area contributed by atoms with E-state index in [2.05, 4.69) is 10.4 Å². The highest BCUT2D eigenvalue weighted by Crippen LogP contribution is 2.44. The Morgan fingerprint density at radius 3 is 2.31 bits per heavy atom. The summed E-state index contributed by atoms with van der Waals surface area (Å²) in [7, 11) is 0. The lowest BCUT2D eigenvalue weighted by molar-refractivity contribution is 0.259. The van der Waals surface area contributed by atoms with Crippen LogP contribution in [0, 0.1) is 0 Å². The summed E-state index contributed by atoms with van der Waals surface area (Å²) in [5.41, 5.74) is 4.15. The molecule has 0 bridgehead atoms. The van der Waals surface area contributed by atoms with Crippen LogP contribution in [0.4, 0.5) is 0 Å². The zero-order valence-corrected chi connectivity index (χ0v) is 8.39. The molecule has 74 valence electrons. The second-order valence-corrected chi connectivity index (χ2v) is 5.01. The lowest BCUT2D eigenvalue weighted by Crippen LogP contribution is -2.27. The van der Waals surface area contributed by atoms with Crippen LogP contribution in [0.25, 0.3) is 0 Å². The van der Waals surface area contributed by atoms with Gasteiger partial charge in [0.25, 0.3) is 0 Å². The molecule has 3 aliphatic rings. The molecular formula is C11H20N2. The van der Waals surface area contributed by atoms with Gasteiger partial charge in [0.1, 0.15) is 0 Å². The molecule has 0 aromatic rings. The molecule has 0 aromatic heterocycles. The first-order valence-electron chi connectivity index (χ1n) is 5.98. The fourth-order valence-electron chi connectivity index (χ4n) is 3.29. The third-order valence-corrected chi connectivity index (χ3v) is 4.11. The SMILES string of the molecule is C1CCC2(CC1)NN2C1CCCC1. The number of nitrogens with zero attached hydrogens (tertiary/aromatic N) is 1. The second kappa shape index (κ2) is 2.96. The average molecular weight is 180 g/mol. The van der Waals surface area contributed by atoms with Crippen molar-refractivity contribution in [1.82, 2.24) is 10.4 Å². The van der Waals surface area contributed by atoms with Crippen LogP contribution in [-0.4, -0.2) is 16.7 Å². The maximum atomic E-state index is 3.66. The van der Waals surface area contributed by atoms with Gasteiger partial charge in [0.05, 0.1) is 5.66 Å². The monoisotopic (exact) mass is 180 g/mol. The fourth-order valence-corrected chi connectivity index (χ4v) is 3.29. The lowest BCUT2D eigenvalue weighted by Gasteiger charge is -2.22. The maximum absolute atomic E-state index is 3.66. The molecule has 1 aliphatic heterocycles. The van der Waals surface area contributed by atoms with Crippen molar-refractivity contribution in [2.24, 2.45) is 0 Å². The van der Waals surface area contributed by atoms with Gasteiger partial charge in [0, 0.05) is 6.04 Å². The van der Waals surface area contributed by atoms with Crippen molar-refractivity contribution >= 4 is 0 Å². The molecule has 2 heteroatoms. The number of hydrazine groups is 1. The maximum Gasteiger partial charge on any atom is 0.0977 e. The molecule has 1 spiro atoms. The van der Waals surface area contributed by atoms with Gasteiger partial charge in [-0.1, -0.05) is 32.1 Å². The van der Waals surface area contributed by atoms with Gasteiger partial charge in [-0.2, -0.15) is 0 Å². The minimum atomic E-state index is 0.493. The van der Waals surface area contributed by atoms with Gasteiger partial charge in [0.2, 0.25) is 0 Å². The van der Waals surface area contributed by atoms with Crippen LogP contribution in [0.5, 0.6) is 0 Å². The number of hydrogen-bond donors (Lipinski definition) is 1. The van der Waals surface area contributed by atoms with E-state index in [9.17, 15) is 0 Å². The molecular weight excluding hydrogens is 160 g/mol. The van der Waals surface area contributed by atoms with E-state index < -0.39 is 0 Å². The molecule has 3 rings (SSSR count). The van der Waals surface area contributed by atoms with Gasteiger partial charge in [-0.3, -0.25) is 0 Å². The smallest absolute Gasteiger partial charge is 0.0977 e. The van der Waals surface area contributed by atoms with E-state index in [-0.39, 0.29) is 0 Å². The van der Waals surface area contributed by atoms with E-state index in [0.717, 1.165) is 6.04 Å². The summed E-state index contributed by atoms with van der Waals surface area (Å²) in [6.07, 6.45) is 12.9. The summed E-state index contributed by atoms with van der Waals surface area (Å²) < 4.78 is 0. The highest BCUT2D eigenvalue weighted by molar-refractivity contribution is 5.03. The van der Waals surface area contributed by atoms with E-state index >= 15 is 0 Å². The van der Waals surface area contributed by atoms with E-state index in [0.29, 0.717) is 5.66 Å². The van der Waals surface area contributed by atoms with Crippen LogP contribution < -0.4 is 5.43 Å². The molecule has 0 aromatic carbocycles. The van der Waals surface area contributed by atoms with Crippen molar-refractivity contribution in [1.29, 1.82) is 0 Å². The fraction of sp³-hybridized carbons (Fsp3) is 1.00. The molecule has 3 fully saturated rings. The van der Waals surface area contributed by atoms with E-state index in [1.165, 1.54) is 57.8 Å². The Bertz CT molecular complexity index is 190. The summed E-state index contributed by atoms with van der Waals surface area (Å²) in [5, 5.41) is 2.60. The Labute approximate surface area is 80.7 Å². The van der Waals surface area contributed by atoms with Crippen molar-refractivity contribution < 1.29 is 0 Å². The first-order valence-corrected chi connectivity index (χ1v) is 5.98. The molecule has 1 atom stereocenters. The zero-order chi connectivity index (χ0) is 8.73. The lowest BCUT2D eigenvalue weighted by atomic mass is 9.92. The Balaban J connectivity index is 1.63. The van der Waals surface area contributed by atoms with Crippen LogP contribution in [0.2, 0.25) is 0 Å². The zero-order valence-electron chi connectivity index (χ0n) is 8.39. The molecule has 2 saturated carbocycles. The van der Waals surface area contributed by atoms with Crippen LogP contribution >= 0.6 is 0 Å². The van der Waals surface area contributed by atoms with Crippen LogP contribution in [0.1, 0.15) is 57.8 Å². The molecule has 2 aliphatic carbocycles. The van der Waals surface area contributed by atoms with Crippen molar-refractivity contribution in [2.75, 3.05) is 0 Å². The topological polar surface area (TPSA) is 25.0 Å². The third-order valence-electron chi connectivity index (χ3n) is 4.11. The number of nitrogens with one attached hydrogen (secondary N) is 1. The largest absolute Gasteiger partial charge is 0.232 e. The summed E-state index contributed by atoms with van der Waals surface area (Å²) in [4.78, 5) is 0. The Morgan fingerprint density at radius 2 is 1.62 bits per heavy atom. The van der Waals surface area contributed by atoms with Gasteiger partial charge in [-0.25, -0.2) is 10.4 Å². The summed E-state index contributed by atoms with van der Waals surface area (Å²) >= 11 is 0. The molecule has 1 saturated heterocycles.